The number of hydrogen-bond acceptors (Lipinski definition) is 7. The molecule has 5 rings (SSSR count). The zero-order chi connectivity index (χ0) is 30.8. The van der Waals surface area contributed by atoms with E-state index in [-0.39, 0.29) is 18.6 Å². The maximum atomic E-state index is 14.3. The standard InChI is InChI=1S/C33H31FN2O7/c1-21(37)17-18-26(38)32(42)19-27(36-20-25(34)30(40)35-31(36)41)43-29(32)28(39)33(22-11-5-2-6-12-22,23-13-7-3-8-14-23)24-15-9-4-10-16-24/h2-16,20,27-29,39,42H,17-19H2,1H3,(H,35,40,41)/t27-,28?,29-,32-/m1/s1. The van der Waals surface area contributed by atoms with E-state index in [2.05, 4.69) is 0 Å². The molecule has 9 nitrogen and oxygen atoms in total. The van der Waals surface area contributed by atoms with E-state index in [1.165, 1.54) is 6.92 Å². The van der Waals surface area contributed by atoms with Gasteiger partial charge in [-0.15, -0.1) is 0 Å². The summed E-state index contributed by atoms with van der Waals surface area (Å²) < 4.78 is 21.2. The summed E-state index contributed by atoms with van der Waals surface area (Å²) in [5.74, 6) is -2.34. The molecule has 0 bridgehead atoms. The van der Waals surface area contributed by atoms with Gasteiger partial charge in [0.05, 0.1) is 11.6 Å². The number of ether oxygens (including phenoxy) is 1. The minimum Gasteiger partial charge on any atom is -0.389 e. The Hall–Kier alpha value is -4.51. The Morgan fingerprint density at radius 3 is 1.91 bits per heavy atom. The van der Waals surface area contributed by atoms with Crippen LogP contribution in [0.1, 0.15) is 49.1 Å². The van der Waals surface area contributed by atoms with Crippen LogP contribution in [-0.4, -0.2) is 49.1 Å². The molecule has 222 valence electrons. The highest BCUT2D eigenvalue weighted by Crippen LogP contribution is 2.49. The fourth-order valence-corrected chi connectivity index (χ4v) is 6.01. The van der Waals surface area contributed by atoms with Gasteiger partial charge in [-0.2, -0.15) is 4.39 Å². The molecule has 43 heavy (non-hydrogen) atoms. The average Bonchev–Trinajstić information content (AvgIpc) is 3.37. The predicted molar refractivity (Wildman–Crippen MR) is 155 cm³/mol. The molecular formula is C33H31FN2O7. The number of hydrogen-bond donors (Lipinski definition) is 3. The smallest absolute Gasteiger partial charge is 0.330 e. The van der Waals surface area contributed by atoms with Crippen LogP contribution in [-0.2, 0) is 19.7 Å². The minimum absolute atomic E-state index is 0.164. The molecule has 0 saturated carbocycles. The normalized spacial score (nSPS) is 20.9. The molecule has 1 unspecified atom stereocenters. The van der Waals surface area contributed by atoms with Gasteiger partial charge in [0.25, 0.3) is 5.56 Å². The third-order valence-electron chi connectivity index (χ3n) is 8.10. The summed E-state index contributed by atoms with van der Waals surface area (Å²) in [6.45, 7) is 1.31. The monoisotopic (exact) mass is 586 g/mol. The van der Waals surface area contributed by atoms with Crippen molar-refractivity contribution in [2.45, 2.75) is 55.6 Å². The molecular weight excluding hydrogens is 555 g/mol. The fraction of sp³-hybridized carbons (Fsp3) is 0.273. The number of aromatic amines is 1. The van der Waals surface area contributed by atoms with Crippen LogP contribution in [0, 0.1) is 5.82 Å². The predicted octanol–water partition coefficient (Wildman–Crippen LogP) is 3.03. The van der Waals surface area contributed by atoms with Crippen molar-refractivity contribution in [3.05, 3.63) is 141 Å². The van der Waals surface area contributed by atoms with Crippen LogP contribution in [0.2, 0.25) is 0 Å². The molecule has 10 heteroatoms. The maximum absolute atomic E-state index is 14.3. The van der Waals surface area contributed by atoms with Crippen molar-refractivity contribution in [3.63, 3.8) is 0 Å². The molecule has 1 aliphatic heterocycles. The Balaban J connectivity index is 1.74. The van der Waals surface area contributed by atoms with Crippen LogP contribution in [0.5, 0.6) is 0 Å². The first-order valence-corrected chi connectivity index (χ1v) is 13.8. The number of benzene rings is 3. The Labute approximate surface area is 246 Å². The topological polar surface area (TPSA) is 139 Å². The second kappa shape index (κ2) is 12.0. The molecule has 2 heterocycles. The fourth-order valence-electron chi connectivity index (χ4n) is 6.01. The Bertz CT molecular complexity index is 1630. The van der Waals surface area contributed by atoms with Crippen LogP contribution < -0.4 is 11.2 Å². The third kappa shape index (κ3) is 5.40. The van der Waals surface area contributed by atoms with Crippen LogP contribution in [0.4, 0.5) is 4.39 Å². The number of Topliss-reactive ketones (excluding diaryl/α,β-unsaturated/α-hetero) is 2. The number of aromatic nitrogens is 2. The Morgan fingerprint density at radius 2 is 1.44 bits per heavy atom. The van der Waals surface area contributed by atoms with Gasteiger partial charge in [0.1, 0.15) is 24.2 Å². The lowest BCUT2D eigenvalue weighted by atomic mass is 9.62. The van der Waals surface area contributed by atoms with Gasteiger partial charge in [-0.1, -0.05) is 91.0 Å². The van der Waals surface area contributed by atoms with Crippen molar-refractivity contribution in [1.29, 1.82) is 0 Å². The van der Waals surface area contributed by atoms with E-state index in [0.29, 0.717) is 22.9 Å². The summed E-state index contributed by atoms with van der Waals surface area (Å²) in [7, 11) is 0. The Kier molecular flexibility index (Phi) is 8.36. The van der Waals surface area contributed by atoms with Crippen LogP contribution in [0.25, 0.3) is 0 Å². The number of carbonyl (C=O) groups excluding carboxylic acids is 2. The van der Waals surface area contributed by atoms with Crippen molar-refractivity contribution in [3.8, 4) is 0 Å². The number of ketones is 2. The molecule has 3 aromatic carbocycles. The van der Waals surface area contributed by atoms with E-state index in [1.54, 1.807) is 36.4 Å². The van der Waals surface area contributed by atoms with Crippen molar-refractivity contribution < 1.29 is 28.9 Å². The van der Waals surface area contributed by atoms with Crippen molar-refractivity contribution in [1.82, 2.24) is 9.55 Å². The van der Waals surface area contributed by atoms with Crippen LogP contribution in [0.3, 0.4) is 0 Å². The molecule has 0 radical (unpaired) electrons. The molecule has 1 fully saturated rings. The van der Waals surface area contributed by atoms with E-state index >= 15 is 0 Å². The molecule has 0 spiro atoms. The average molecular weight is 587 g/mol. The lowest BCUT2D eigenvalue weighted by molar-refractivity contribution is -0.158. The first-order chi connectivity index (χ1) is 20.6. The van der Waals surface area contributed by atoms with E-state index in [1.807, 2.05) is 59.6 Å². The van der Waals surface area contributed by atoms with E-state index < -0.39 is 58.7 Å². The van der Waals surface area contributed by atoms with Gasteiger partial charge >= 0.3 is 5.69 Å². The van der Waals surface area contributed by atoms with Crippen molar-refractivity contribution >= 4 is 11.6 Å². The van der Waals surface area contributed by atoms with Gasteiger partial charge in [-0.3, -0.25) is 19.1 Å². The third-order valence-corrected chi connectivity index (χ3v) is 8.10. The molecule has 4 atom stereocenters. The van der Waals surface area contributed by atoms with Crippen molar-refractivity contribution in [2.24, 2.45) is 0 Å². The summed E-state index contributed by atoms with van der Waals surface area (Å²) in [5.41, 5.74) is -4.22. The highest BCUT2D eigenvalue weighted by Gasteiger charge is 2.60. The quantitative estimate of drug-likeness (QED) is 0.243. The largest absolute Gasteiger partial charge is 0.389 e. The number of halogens is 1. The van der Waals surface area contributed by atoms with E-state index in [9.17, 15) is 33.8 Å². The molecule has 1 aliphatic rings. The lowest BCUT2D eigenvalue weighted by Gasteiger charge is -2.44. The second-order valence-corrected chi connectivity index (χ2v) is 10.8. The zero-order valence-corrected chi connectivity index (χ0v) is 23.4. The van der Waals surface area contributed by atoms with E-state index in [0.717, 1.165) is 4.57 Å². The lowest BCUT2D eigenvalue weighted by Crippen LogP contribution is -2.58. The molecule has 4 aromatic rings. The molecule has 1 saturated heterocycles. The highest BCUT2D eigenvalue weighted by atomic mass is 19.1. The van der Waals surface area contributed by atoms with Gasteiger partial charge < -0.3 is 19.7 Å². The van der Waals surface area contributed by atoms with Crippen LogP contribution >= 0.6 is 0 Å². The summed E-state index contributed by atoms with van der Waals surface area (Å²) in [6, 6.07) is 27.1. The number of nitrogens with zero attached hydrogens (tertiary/aromatic N) is 1. The van der Waals surface area contributed by atoms with Gasteiger partial charge in [0.2, 0.25) is 5.82 Å². The SMILES string of the molecule is CC(=O)CCC(=O)[C@]1(O)C[C@H](n2cc(F)c(=O)[nH]c2=O)O[C@@H]1C(O)C(c1ccccc1)(c1ccccc1)c1ccccc1. The summed E-state index contributed by atoms with van der Waals surface area (Å²) in [6.07, 6.45) is -5.20. The minimum atomic E-state index is -2.41. The van der Waals surface area contributed by atoms with Gasteiger partial charge in [0, 0.05) is 19.3 Å². The number of H-pyrrole nitrogens is 1. The number of aliphatic hydroxyl groups excluding tert-OH is 1. The molecule has 0 aliphatic carbocycles. The summed E-state index contributed by atoms with van der Waals surface area (Å²) in [4.78, 5) is 51.7. The van der Waals surface area contributed by atoms with E-state index in [4.69, 9.17) is 4.74 Å². The number of rotatable bonds is 10. The molecule has 0 amide bonds. The first-order valence-electron chi connectivity index (χ1n) is 13.8. The molecule has 1 aromatic heterocycles. The number of nitrogens with one attached hydrogen (secondary N) is 1. The molecule has 3 N–H and O–H groups in total. The first kappa shape index (κ1) is 30.0. The maximum Gasteiger partial charge on any atom is 0.330 e. The second-order valence-electron chi connectivity index (χ2n) is 10.8. The zero-order valence-electron chi connectivity index (χ0n) is 23.4. The Morgan fingerprint density at radius 1 is 0.953 bits per heavy atom. The van der Waals surface area contributed by atoms with Gasteiger partial charge in [0.15, 0.2) is 11.4 Å². The van der Waals surface area contributed by atoms with Gasteiger partial charge in [-0.05, 0) is 23.6 Å². The summed E-state index contributed by atoms with van der Waals surface area (Å²) in [5, 5.41) is 24.7. The highest BCUT2D eigenvalue weighted by molar-refractivity contribution is 5.91. The van der Waals surface area contributed by atoms with Gasteiger partial charge in [-0.25, -0.2) is 4.79 Å². The number of carbonyl (C=O) groups is 2. The van der Waals surface area contributed by atoms with Crippen LogP contribution in [0.15, 0.2) is 107 Å². The summed E-state index contributed by atoms with van der Waals surface area (Å²) >= 11 is 0. The number of aliphatic hydroxyl groups is 2. The van der Waals surface area contributed by atoms with Crippen molar-refractivity contribution in [2.75, 3.05) is 0 Å².